The second-order valence-corrected chi connectivity index (χ2v) is 7.80. The normalized spacial score (nSPS) is 17.3. The number of rotatable bonds is 4. The zero-order valence-electron chi connectivity index (χ0n) is 17.1. The molecule has 1 amide bonds. The molecule has 31 heavy (non-hydrogen) atoms. The number of ether oxygens (including phenoxy) is 2. The van der Waals surface area contributed by atoms with Gasteiger partial charge in [0.25, 0.3) is 5.91 Å². The molecule has 1 unspecified atom stereocenters. The molecule has 0 fully saturated rings. The highest BCUT2D eigenvalue weighted by molar-refractivity contribution is 6.00. The lowest BCUT2D eigenvalue weighted by Crippen LogP contribution is -2.45. The number of anilines is 1. The first-order valence-corrected chi connectivity index (χ1v) is 10.4. The van der Waals surface area contributed by atoms with Crippen LogP contribution in [0.4, 0.5) is 5.69 Å². The topological polar surface area (TPSA) is 86.0 Å². The highest BCUT2D eigenvalue weighted by Gasteiger charge is 2.31. The number of hydrogen-bond donors (Lipinski definition) is 0. The Hall–Kier alpha value is -3.61. The minimum Gasteiger partial charge on any atom is -0.479 e. The number of nitrogens with zero attached hydrogens (tertiary/aromatic N) is 1. The molecule has 3 aromatic rings. The molecule has 5 rings (SSSR count). The highest BCUT2D eigenvalue weighted by Crippen LogP contribution is 2.34. The van der Waals surface area contributed by atoms with Crippen LogP contribution in [0.3, 0.4) is 0 Å². The molecule has 0 spiro atoms. The molecule has 7 nitrogen and oxygen atoms in total. The minimum absolute atomic E-state index is 0.0129. The van der Waals surface area contributed by atoms with Crippen LogP contribution in [0.15, 0.2) is 51.7 Å². The van der Waals surface area contributed by atoms with Crippen molar-refractivity contribution in [3.8, 4) is 11.5 Å². The van der Waals surface area contributed by atoms with Crippen molar-refractivity contribution < 1.29 is 23.5 Å². The highest BCUT2D eigenvalue weighted by atomic mass is 16.5. The maximum absolute atomic E-state index is 12.5. The average Bonchev–Trinajstić information content (AvgIpc) is 3.25. The molecule has 0 radical (unpaired) electrons. The van der Waals surface area contributed by atoms with Crippen molar-refractivity contribution in [2.75, 3.05) is 11.4 Å². The van der Waals surface area contributed by atoms with Crippen molar-refractivity contribution >= 4 is 28.5 Å². The Kier molecular flexibility index (Phi) is 4.73. The van der Waals surface area contributed by atoms with E-state index in [-0.39, 0.29) is 24.5 Å². The number of carbonyl (C=O) groups is 2. The maximum Gasteiger partial charge on any atom is 0.339 e. The number of benzene rings is 2. The summed E-state index contributed by atoms with van der Waals surface area (Å²) in [7, 11) is 0. The molecule has 1 atom stereocenters. The lowest BCUT2D eigenvalue weighted by Gasteiger charge is -2.32. The van der Waals surface area contributed by atoms with Crippen LogP contribution in [-0.2, 0) is 22.4 Å². The molecule has 0 saturated carbocycles. The molecule has 0 saturated heterocycles. The molecule has 7 heteroatoms. The molecule has 2 aliphatic rings. The van der Waals surface area contributed by atoms with Gasteiger partial charge in [0, 0.05) is 23.6 Å². The van der Waals surface area contributed by atoms with Gasteiger partial charge in [-0.25, -0.2) is 4.79 Å². The largest absolute Gasteiger partial charge is 0.479 e. The van der Waals surface area contributed by atoms with Crippen molar-refractivity contribution in [2.45, 2.75) is 38.7 Å². The fourth-order valence-electron chi connectivity index (χ4n) is 4.30. The Morgan fingerprint density at radius 2 is 1.94 bits per heavy atom. The van der Waals surface area contributed by atoms with Crippen LogP contribution >= 0.6 is 0 Å². The monoisotopic (exact) mass is 419 g/mol. The zero-order valence-corrected chi connectivity index (χ0v) is 17.1. The Morgan fingerprint density at radius 1 is 1.13 bits per heavy atom. The lowest BCUT2D eigenvalue weighted by molar-refractivity contribution is -0.134. The molecule has 2 heterocycles. The average molecular weight is 419 g/mol. The van der Waals surface area contributed by atoms with Crippen LogP contribution in [0.1, 0.15) is 30.9 Å². The summed E-state index contributed by atoms with van der Waals surface area (Å²) < 4.78 is 16.5. The molecule has 1 aliphatic heterocycles. The molecule has 2 aromatic carbocycles. The Labute approximate surface area is 178 Å². The lowest BCUT2D eigenvalue weighted by atomic mass is 10.1. The van der Waals surface area contributed by atoms with Crippen molar-refractivity contribution in [3.05, 3.63) is 64.0 Å². The second kappa shape index (κ2) is 7.58. The zero-order chi connectivity index (χ0) is 21.5. The summed E-state index contributed by atoms with van der Waals surface area (Å²) in [5.74, 6) is 0.237. The smallest absolute Gasteiger partial charge is 0.339 e. The summed E-state index contributed by atoms with van der Waals surface area (Å²) in [6, 6.07) is 12.3. The van der Waals surface area contributed by atoms with E-state index in [1.807, 2.05) is 18.2 Å². The third-order valence-corrected chi connectivity index (χ3v) is 5.79. The molecule has 0 N–H and O–H groups in total. The predicted octanol–water partition coefficient (Wildman–Crippen LogP) is 3.39. The van der Waals surface area contributed by atoms with E-state index in [2.05, 4.69) is 0 Å². The number of esters is 1. The summed E-state index contributed by atoms with van der Waals surface area (Å²) in [5.41, 5.74) is 2.52. The molecule has 1 aliphatic carbocycles. The predicted molar refractivity (Wildman–Crippen MR) is 114 cm³/mol. The van der Waals surface area contributed by atoms with Crippen LogP contribution in [0, 0.1) is 0 Å². The molecule has 0 bridgehead atoms. The van der Waals surface area contributed by atoms with Gasteiger partial charge < -0.3 is 18.8 Å². The van der Waals surface area contributed by atoms with Crippen LogP contribution in [0.2, 0.25) is 0 Å². The van der Waals surface area contributed by atoms with E-state index in [4.69, 9.17) is 13.9 Å². The fourth-order valence-corrected chi connectivity index (χ4v) is 4.30. The van der Waals surface area contributed by atoms with Crippen LogP contribution < -0.4 is 20.0 Å². The summed E-state index contributed by atoms with van der Waals surface area (Å²) in [6.45, 7) is 1.86. The maximum atomic E-state index is 12.5. The third-order valence-electron chi connectivity index (χ3n) is 5.79. The van der Waals surface area contributed by atoms with Gasteiger partial charge in [-0.2, -0.15) is 0 Å². The van der Waals surface area contributed by atoms with E-state index in [0.29, 0.717) is 22.8 Å². The Balaban J connectivity index is 1.31. The van der Waals surface area contributed by atoms with Crippen molar-refractivity contribution in [2.24, 2.45) is 0 Å². The molecule has 158 valence electrons. The van der Waals surface area contributed by atoms with Gasteiger partial charge in [-0.3, -0.25) is 9.59 Å². The van der Waals surface area contributed by atoms with Gasteiger partial charge in [-0.15, -0.1) is 0 Å². The summed E-state index contributed by atoms with van der Waals surface area (Å²) >= 11 is 0. The van der Waals surface area contributed by atoms with E-state index in [1.54, 1.807) is 36.1 Å². The third kappa shape index (κ3) is 3.46. The van der Waals surface area contributed by atoms with Crippen molar-refractivity contribution in [1.29, 1.82) is 0 Å². The molecular formula is C24H21NO6. The number of carbonyl (C=O) groups excluding carboxylic acids is 2. The second-order valence-electron chi connectivity index (χ2n) is 7.80. The Bertz CT molecular complexity index is 1260. The number of aryl methyl sites for hydroxylation is 1. The number of amides is 1. The quantitative estimate of drug-likeness (QED) is 0.366. The van der Waals surface area contributed by atoms with Gasteiger partial charge in [-0.1, -0.05) is 12.1 Å². The van der Waals surface area contributed by atoms with Crippen LogP contribution in [0.25, 0.3) is 11.0 Å². The summed E-state index contributed by atoms with van der Waals surface area (Å²) in [4.78, 5) is 38.7. The van der Waals surface area contributed by atoms with Gasteiger partial charge in [-0.05, 0) is 56.0 Å². The first-order chi connectivity index (χ1) is 15.0. The van der Waals surface area contributed by atoms with Crippen molar-refractivity contribution in [3.63, 3.8) is 0 Å². The summed E-state index contributed by atoms with van der Waals surface area (Å²) in [6.07, 6.45) is 1.93. The van der Waals surface area contributed by atoms with E-state index >= 15 is 0 Å². The first-order valence-electron chi connectivity index (χ1n) is 10.4. The number of fused-ring (bicyclic) bond motifs is 4. The van der Waals surface area contributed by atoms with Gasteiger partial charge >= 0.3 is 11.6 Å². The van der Waals surface area contributed by atoms with E-state index < -0.39 is 12.1 Å². The van der Waals surface area contributed by atoms with Gasteiger partial charge in [0.15, 0.2) is 6.10 Å². The van der Waals surface area contributed by atoms with Crippen LogP contribution in [0.5, 0.6) is 11.5 Å². The van der Waals surface area contributed by atoms with Gasteiger partial charge in [0.1, 0.15) is 17.1 Å². The van der Waals surface area contributed by atoms with E-state index in [1.165, 1.54) is 0 Å². The van der Waals surface area contributed by atoms with Crippen LogP contribution in [-0.4, -0.2) is 24.5 Å². The van der Waals surface area contributed by atoms with E-state index in [9.17, 15) is 14.4 Å². The fraction of sp³-hybridized carbons (Fsp3) is 0.292. The molecule has 1 aromatic heterocycles. The number of hydrogen-bond acceptors (Lipinski definition) is 6. The van der Waals surface area contributed by atoms with Gasteiger partial charge in [0.2, 0.25) is 0 Å². The van der Waals surface area contributed by atoms with Gasteiger partial charge in [0.05, 0.1) is 12.1 Å². The van der Waals surface area contributed by atoms with E-state index in [0.717, 1.165) is 35.8 Å². The standard InChI is InChI=1S/C24H21NO6/c1-14-23(27)25(19-7-2-3-8-20(19)29-14)12-11-22(26)30-15-9-10-17-16-5-4-6-18(16)24(28)31-21(17)13-15/h2-3,7-10,13-14H,4-6,11-12H2,1H3. The van der Waals surface area contributed by atoms with Crippen molar-refractivity contribution in [1.82, 2.24) is 0 Å². The minimum atomic E-state index is -0.615. The Morgan fingerprint density at radius 3 is 2.81 bits per heavy atom. The molecular weight excluding hydrogens is 398 g/mol. The summed E-state index contributed by atoms with van der Waals surface area (Å²) in [5, 5.41) is 0.886. The SMILES string of the molecule is CC1Oc2ccccc2N(CCC(=O)Oc2ccc3c4c(c(=O)oc3c2)CCC4)C1=O. The number of para-hydroxylation sites is 2. The first kappa shape index (κ1) is 19.4.